The van der Waals surface area contributed by atoms with E-state index in [1.807, 2.05) is 0 Å². The Morgan fingerprint density at radius 1 is 1.39 bits per heavy atom. The Bertz CT molecular complexity index is 541. The van der Waals surface area contributed by atoms with Crippen LogP contribution in [-0.2, 0) is 11.2 Å². The Labute approximate surface area is 136 Å². The second-order valence-electron chi connectivity index (χ2n) is 6.52. The number of carbonyl (C=O) groups excluding carboxylic acids is 1. The topological polar surface area (TPSA) is 79.0 Å². The van der Waals surface area contributed by atoms with Crippen molar-refractivity contribution in [2.75, 3.05) is 45.9 Å². The van der Waals surface area contributed by atoms with Gasteiger partial charge in [-0.3, -0.25) is 9.69 Å². The van der Waals surface area contributed by atoms with Crippen LogP contribution in [0.25, 0.3) is 0 Å². The number of aryl methyl sites for hydroxylation is 1. The largest absolute Gasteiger partial charge is 0.387 e. The number of ether oxygens (including phenoxy) is 1. The van der Waals surface area contributed by atoms with Gasteiger partial charge in [-0.05, 0) is 12.8 Å². The summed E-state index contributed by atoms with van der Waals surface area (Å²) in [6.07, 6.45) is 2.32. The van der Waals surface area contributed by atoms with E-state index in [4.69, 9.17) is 9.26 Å². The molecule has 1 aromatic heterocycles. The zero-order valence-corrected chi connectivity index (χ0v) is 13.7. The molecule has 7 nitrogen and oxygen atoms in total. The van der Waals surface area contributed by atoms with Crippen molar-refractivity contribution in [3.8, 4) is 0 Å². The third-order valence-electron chi connectivity index (χ3n) is 4.52. The van der Waals surface area contributed by atoms with Gasteiger partial charge in [0, 0.05) is 38.7 Å². The summed E-state index contributed by atoms with van der Waals surface area (Å²) >= 11 is 0. The van der Waals surface area contributed by atoms with E-state index in [0.717, 1.165) is 31.7 Å². The van der Waals surface area contributed by atoms with E-state index < -0.39 is 5.60 Å². The quantitative estimate of drug-likeness (QED) is 0.852. The van der Waals surface area contributed by atoms with E-state index in [1.165, 1.54) is 0 Å². The zero-order chi connectivity index (χ0) is 16.3. The second-order valence-corrected chi connectivity index (χ2v) is 6.52. The molecule has 0 aromatic carbocycles. The molecule has 3 rings (SSSR count). The third-order valence-corrected chi connectivity index (χ3v) is 4.52. The zero-order valence-electron chi connectivity index (χ0n) is 13.7. The molecule has 1 atom stereocenters. The number of amides is 1. The molecular weight excluding hydrogens is 298 g/mol. The first-order valence-electron chi connectivity index (χ1n) is 8.37. The van der Waals surface area contributed by atoms with Gasteiger partial charge in [-0.15, -0.1) is 0 Å². The molecule has 2 aliphatic rings. The Balaban J connectivity index is 1.58. The van der Waals surface area contributed by atoms with Crippen molar-refractivity contribution in [1.82, 2.24) is 15.0 Å². The molecule has 0 spiro atoms. The number of hydrogen-bond acceptors (Lipinski definition) is 6. The van der Waals surface area contributed by atoms with Crippen molar-refractivity contribution in [2.45, 2.75) is 31.8 Å². The summed E-state index contributed by atoms with van der Waals surface area (Å²) < 4.78 is 10.5. The summed E-state index contributed by atoms with van der Waals surface area (Å²) in [5.74, 6) is 0.577. The fourth-order valence-corrected chi connectivity index (χ4v) is 3.27. The Morgan fingerprint density at radius 2 is 2.17 bits per heavy atom. The molecule has 7 heteroatoms. The summed E-state index contributed by atoms with van der Waals surface area (Å²) in [6, 6.07) is 1.71. The average Bonchev–Trinajstić information content (AvgIpc) is 3.15. The highest BCUT2D eigenvalue weighted by Crippen LogP contribution is 2.24. The Kier molecular flexibility index (Phi) is 4.99. The predicted molar refractivity (Wildman–Crippen MR) is 83.2 cm³/mol. The van der Waals surface area contributed by atoms with Gasteiger partial charge in [-0.2, -0.15) is 0 Å². The molecule has 1 amide bonds. The van der Waals surface area contributed by atoms with Gasteiger partial charge in [0.1, 0.15) is 5.76 Å². The number of likely N-dealkylation sites (tertiary alicyclic amines) is 1. The lowest BCUT2D eigenvalue weighted by atomic mass is 10.0. The number of nitrogens with zero attached hydrogens (tertiary/aromatic N) is 3. The monoisotopic (exact) mass is 323 g/mol. The Hall–Kier alpha value is -1.44. The van der Waals surface area contributed by atoms with Crippen LogP contribution in [0, 0.1) is 0 Å². The van der Waals surface area contributed by atoms with Crippen molar-refractivity contribution < 1.29 is 19.2 Å². The van der Waals surface area contributed by atoms with Gasteiger partial charge in [-0.25, -0.2) is 0 Å². The molecular formula is C16H25N3O4. The summed E-state index contributed by atoms with van der Waals surface area (Å²) in [5, 5.41) is 14.6. The van der Waals surface area contributed by atoms with E-state index in [0.29, 0.717) is 45.0 Å². The van der Waals surface area contributed by atoms with Crippen LogP contribution < -0.4 is 0 Å². The lowest BCUT2D eigenvalue weighted by Crippen LogP contribution is -2.49. The second kappa shape index (κ2) is 6.98. The van der Waals surface area contributed by atoms with Crippen molar-refractivity contribution in [3.63, 3.8) is 0 Å². The lowest BCUT2D eigenvalue weighted by molar-refractivity contribution is -0.0257. The minimum Gasteiger partial charge on any atom is -0.387 e. The normalized spacial score (nSPS) is 25.9. The minimum atomic E-state index is -0.844. The van der Waals surface area contributed by atoms with Gasteiger partial charge in [-0.1, -0.05) is 12.1 Å². The maximum atomic E-state index is 12.5. The number of rotatable bonds is 5. The summed E-state index contributed by atoms with van der Waals surface area (Å²) in [7, 11) is 0. The molecule has 23 heavy (non-hydrogen) atoms. The van der Waals surface area contributed by atoms with Gasteiger partial charge < -0.3 is 19.3 Å². The van der Waals surface area contributed by atoms with Gasteiger partial charge in [0.25, 0.3) is 5.91 Å². The van der Waals surface area contributed by atoms with Crippen LogP contribution >= 0.6 is 0 Å². The van der Waals surface area contributed by atoms with Crippen LogP contribution in [0.5, 0.6) is 0 Å². The number of carbonyl (C=O) groups is 1. The number of morpholine rings is 1. The van der Waals surface area contributed by atoms with Gasteiger partial charge in [0.05, 0.1) is 25.4 Å². The van der Waals surface area contributed by atoms with E-state index in [-0.39, 0.29) is 5.91 Å². The van der Waals surface area contributed by atoms with Crippen LogP contribution in [0.15, 0.2) is 10.6 Å². The van der Waals surface area contributed by atoms with Crippen molar-refractivity contribution >= 4 is 5.91 Å². The van der Waals surface area contributed by atoms with Crippen LogP contribution in [-0.4, -0.2) is 77.5 Å². The molecule has 2 fully saturated rings. The molecule has 0 unspecified atom stereocenters. The molecule has 0 radical (unpaired) electrons. The molecule has 1 N–H and O–H groups in total. The first-order valence-corrected chi connectivity index (χ1v) is 8.37. The van der Waals surface area contributed by atoms with E-state index in [1.54, 1.807) is 11.0 Å². The molecule has 0 saturated carbocycles. The standard InChI is InChI=1S/C16H25N3O4/c1-2-3-13-10-14(17-23-13)15(20)19-5-4-16(21,12-19)11-18-6-8-22-9-7-18/h10,21H,2-9,11-12H2,1H3/t16-/m0/s1. The van der Waals surface area contributed by atoms with Crippen LogP contribution in [0.2, 0.25) is 0 Å². The fourth-order valence-electron chi connectivity index (χ4n) is 3.27. The summed E-state index contributed by atoms with van der Waals surface area (Å²) in [6.45, 7) is 6.61. The SMILES string of the molecule is CCCc1cc(C(=O)N2CC[C@](O)(CN3CCOCC3)C2)no1. The van der Waals surface area contributed by atoms with Crippen LogP contribution in [0.3, 0.4) is 0 Å². The van der Waals surface area contributed by atoms with Gasteiger partial charge >= 0.3 is 0 Å². The van der Waals surface area contributed by atoms with Crippen molar-refractivity contribution in [2.24, 2.45) is 0 Å². The number of β-amino-alcohol motifs (C(OH)–C–C–N with tert-alkyl or cyclic N) is 1. The number of aliphatic hydroxyl groups is 1. The molecule has 0 aliphatic carbocycles. The van der Waals surface area contributed by atoms with Crippen LogP contribution in [0.1, 0.15) is 36.0 Å². The molecule has 128 valence electrons. The predicted octanol–water partition coefficient (Wildman–Crippen LogP) is 0.536. The molecule has 3 heterocycles. The highest BCUT2D eigenvalue weighted by Gasteiger charge is 2.40. The maximum absolute atomic E-state index is 12.5. The van der Waals surface area contributed by atoms with E-state index in [9.17, 15) is 9.90 Å². The van der Waals surface area contributed by atoms with Gasteiger partial charge in [0.2, 0.25) is 0 Å². The average molecular weight is 323 g/mol. The Morgan fingerprint density at radius 3 is 2.91 bits per heavy atom. The maximum Gasteiger partial charge on any atom is 0.276 e. The van der Waals surface area contributed by atoms with E-state index >= 15 is 0 Å². The highest BCUT2D eigenvalue weighted by atomic mass is 16.5. The number of hydrogen-bond donors (Lipinski definition) is 1. The first kappa shape index (κ1) is 16.4. The molecule has 0 bridgehead atoms. The van der Waals surface area contributed by atoms with E-state index in [2.05, 4.69) is 17.0 Å². The number of aromatic nitrogens is 1. The van der Waals surface area contributed by atoms with Crippen molar-refractivity contribution in [3.05, 3.63) is 17.5 Å². The summed E-state index contributed by atoms with van der Waals surface area (Å²) in [4.78, 5) is 16.4. The van der Waals surface area contributed by atoms with Crippen LogP contribution in [0.4, 0.5) is 0 Å². The van der Waals surface area contributed by atoms with Crippen molar-refractivity contribution in [1.29, 1.82) is 0 Å². The smallest absolute Gasteiger partial charge is 0.276 e. The summed E-state index contributed by atoms with van der Waals surface area (Å²) in [5.41, 5.74) is -0.507. The lowest BCUT2D eigenvalue weighted by Gasteiger charge is -2.33. The molecule has 1 aromatic rings. The van der Waals surface area contributed by atoms with Gasteiger partial charge in [0.15, 0.2) is 5.69 Å². The minimum absolute atomic E-state index is 0.158. The highest BCUT2D eigenvalue weighted by molar-refractivity contribution is 5.92. The fraction of sp³-hybridized carbons (Fsp3) is 0.750. The third kappa shape index (κ3) is 3.91. The first-order chi connectivity index (χ1) is 11.1. The molecule has 2 saturated heterocycles. The molecule has 2 aliphatic heterocycles.